The van der Waals surface area contributed by atoms with E-state index in [0.717, 1.165) is 29.7 Å². The fraction of sp³-hybridized carbons (Fsp3) is 0.600. The van der Waals surface area contributed by atoms with Gasteiger partial charge < -0.3 is 15.2 Å². The first-order valence-corrected chi connectivity index (χ1v) is 8.05. The number of aryl methyl sites for hydroxylation is 2. The number of carbonyl (C=O) groups is 2. The van der Waals surface area contributed by atoms with E-state index in [1.54, 1.807) is 0 Å². The van der Waals surface area contributed by atoms with Gasteiger partial charge in [-0.05, 0) is 37.8 Å². The third-order valence-corrected chi connectivity index (χ3v) is 5.17. The van der Waals surface area contributed by atoms with Crippen LogP contribution in [-0.2, 0) is 16.0 Å². The van der Waals surface area contributed by atoms with E-state index in [4.69, 9.17) is 4.74 Å². The Kier molecular flexibility index (Phi) is 5.36. The Hall–Kier alpha value is -1.40. The SMILES string of the molecule is CCc1sc(C(=O)NC(C(=O)O)C2CCCOC2)cc1C. The van der Waals surface area contributed by atoms with Gasteiger partial charge in [-0.3, -0.25) is 4.79 Å². The van der Waals surface area contributed by atoms with Crippen molar-refractivity contribution in [3.63, 3.8) is 0 Å². The summed E-state index contributed by atoms with van der Waals surface area (Å²) in [5.74, 6) is -1.46. The molecule has 116 valence electrons. The standard InChI is InChI=1S/C15H21NO4S/c1-3-11-9(2)7-12(21-11)14(17)16-13(15(18)19)10-5-4-6-20-8-10/h7,10,13H,3-6,8H2,1-2H3,(H,16,17)(H,18,19). The predicted octanol–water partition coefficient (Wildman–Crippen LogP) is 2.23. The molecular weight excluding hydrogens is 290 g/mol. The quantitative estimate of drug-likeness (QED) is 0.874. The average molecular weight is 311 g/mol. The number of thiophene rings is 1. The molecule has 0 saturated carbocycles. The minimum absolute atomic E-state index is 0.160. The molecule has 2 N–H and O–H groups in total. The number of carbonyl (C=O) groups excluding carboxylic acids is 1. The first kappa shape index (κ1) is 16.0. The van der Waals surface area contributed by atoms with Crippen LogP contribution < -0.4 is 5.32 Å². The minimum Gasteiger partial charge on any atom is -0.480 e. The molecule has 1 aromatic heterocycles. The zero-order chi connectivity index (χ0) is 15.4. The van der Waals surface area contributed by atoms with Crippen molar-refractivity contribution in [3.05, 3.63) is 21.4 Å². The first-order chi connectivity index (χ1) is 10.0. The van der Waals surface area contributed by atoms with E-state index in [-0.39, 0.29) is 11.8 Å². The van der Waals surface area contributed by atoms with Crippen LogP contribution in [0.25, 0.3) is 0 Å². The number of hydrogen-bond acceptors (Lipinski definition) is 4. The van der Waals surface area contributed by atoms with E-state index in [9.17, 15) is 14.7 Å². The molecular formula is C15H21NO4S. The van der Waals surface area contributed by atoms with Crippen molar-refractivity contribution >= 4 is 23.2 Å². The number of hydrogen-bond donors (Lipinski definition) is 2. The monoisotopic (exact) mass is 311 g/mol. The molecule has 2 heterocycles. The molecule has 1 saturated heterocycles. The van der Waals surface area contributed by atoms with Crippen LogP contribution in [0.1, 0.15) is 39.9 Å². The summed E-state index contributed by atoms with van der Waals surface area (Å²) >= 11 is 1.43. The average Bonchev–Trinajstić information content (AvgIpc) is 2.86. The number of ether oxygens (including phenoxy) is 1. The van der Waals surface area contributed by atoms with Crippen molar-refractivity contribution in [1.29, 1.82) is 0 Å². The Morgan fingerprint density at radius 3 is 2.86 bits per heavy atom. The molecule has 2 rings (SSSR count). The van der Waals surface area contributed by atoms with Gasteiger partial charge in [0, 0.05) is 17.4 Å². The predicted molar refractivity (Wildman–Crippen MR) is 80.9 cm³/mol. The molecule has 6 heteroatoms. The second kappa shape index (κ2) is 7.04. The highest BCUT2D eigenvalue weighted by Crippen LogP contribution is 2.23. The van der Waals surface area contributed by atoms with E-state index < -0.39 is 12.0 Å². The number of nitrogens with one attached hydrogen (secondary N) is 1. The summed E-state index contributed by atoms with van der Waals surface area (Å²) in [7, 11) is 0. The summed E-state index contributed by atoms with van der Waals surface area (Å²) in [6.45, 7) is 5.07. The summed E-state index contributed by atoms with van der Waals surface area (Å²) in [4.78, 5) is 25.4. The minimum atomic E-state index is -0.997. The Labute approximate surface area is 128 Å². The maximum absolute atomic E-state index is 12.3. The fourth-order valence-electron chi connectivity index (χ4n) is 2.60. The molecule has 0 aliphatic carbocycles. The maximum atomic E-state index is 12.3. The van der Waals surface area contributed by atoms with Crippen LogP contribution >= 0.6 is 11.3 Å². The Morgan fingerprint density at radius 2 is 2.33 bits per heavy atom. The van der Waals surface area contributed by atoms with Crippen molar-refractivity contribution in [3.8, 4) is 0 Å². The highest BCUT2D eigenvalue weighted by Gasteiger charge is 2.31. The molecule has 21 heavy (non-hydrogen) atoms. The van der Waals surface area contributed by atoms with Gasteiger partial charge in [0.25, 0.3) is 5.91 Å². The number of amides is 1. The van der Waals surface area contributed by atoms with E-state index >= 15 is 0 Å². The van der Waals surface area contributed by atoms with Gasteiger partial charge in [-0.25, -0.2) is 4.79 Å². The summed E-state index contributed by atoms with van der Waals surface area (Å²) in [5, 5.41) is 12.0. The van der Waals surface area contributed by atoms with E-state index in [1.807, 2.05) is 19.9 Å². The van der Waals surface area contributed by atoms with Crippen LogP contribution in [-0.4, -0.2) is 36.2 Å². The van der Waals surface area contributed by atoms with Gasteiger partial charge in [-0.2, -0.15) is 0 Å². The third-order valence-electron chi connectivity index (χ3n) is 3.79. The Balaban J connectivity index is 2.08. The molecule has 1 aliphatic heterocycles. The number of carboxylic acids is 1. The molecule has 0 radical (unpaired) electrons. The fourth-order valence-corrected chi connectivity index (χ4v) is 3.62. The van der Waals surface area contributed by atoms with Crippen LogP contribution in [0, 0.1) is 12.8 Å². The van der Waals surface area contributed by atoms with Gasteiger partial charge in [0.1, 0.15) is 6.04 Å². The number of carboxylic acid groups (broad SMARTS) is 1. The number of rotatable bonds is 5. The van der Waals surface area contributed by atoms with Gasteiger partial charge in [0.05, 0.1) is 11.5 Å². The van der Waals surface area contributed by atoms with Crippen LogP contribution in [0.3, 0.4) is 0 Å². The van der Waals surface area contributed by atoms with E-state index in [0.29, 0.717) is 18.1 Å². The summed E-state index contributed by atoms with van der Waals surface area (Å²) in [6, 6.07) is 0.944. The highest BCUT2D eigenvalue weighted by molar-refractivity contribution is 7.14. The van der Waals surface area contributed by atoms with Crippen LogP contribution in [0.15, 0.2) is 6.07 Å². The van der Waals surface area contributed by atoms with Gasteiger partial charge in [-0.15, -0.1) is 11.3 Å². The molecule has 1 fully saturated rings. The second-order valence-electron chi connectivity index (χ2n) is 5.34. The lowest BCUT2D eigenvalue weighted by atomic mass is 9.93. The van der Waals surface area contributed by atoms with Gasteiger partial charge in [-0.1, -0.05) is 6.92 Å². The molecule has 1 aromatic rings. The van der Waals surface area contributed by atoms with Gasteiger partial charge >= 0.3 is 5.97 Å². The lowest BCUT2D eigenvalue weighted by Gasteiger charge is -2.27. The molecule has 1 aliphatic rings. The van der Waals surface area contributed by atoms with Crippen molar-refractivity contribution < 1.29 is 19.4 Å². The van der Waals surface area contributed by atoms with Crippen LogP contribution in [0.4, 0.5) is 0 Å². The van der Waals surface area contributed by atoms with Crippen molar-refractivity contribution in [2.75, 3.05) is 13.2 Å². The van der Waals surface area contributed by atoms with Crippen LogP contribution in [0.5, 0.6) is 0 Å². The lowest BCUT2D eigenvalue weighted by Crippen LogP contribution is -2.48. The number of aliphatic carboxylic acids is 1. The lowest BCUT2D eigenvalue weighted by molar-refractivity contribution is -0.142. The van der Waals surface area contributed by atoms with Gasteiger partial charge in [0.15, 0.2) is 0 Å². The summed E-state index contributed by atoms with van der Waals surface area (Å²) < 4.78 is 5.33. The molecule has 1 amide bonds. The van der Waals surface area contributed by atoms with Crippen molar-refractivity contribution in [2.24, 2.45) is 5.92 Å². The normalized spacial score (nSPS) is 20.0. The summed E-state index contributed by atoms with van der Waals surface area (Å²) in [5.41, 5.74) is 1.08. The smallest absolute Gasteiger partial charge is 0.326 e. The first-order valence-electron chi connectivity index (χ1n) is 7.23. The van der Waals surface area contributed by atoms with Crippen LogP contribution in [0.2, 0.25) is 0 Å². The molecule has 0 aromatic carbocycles. The largest absolute Gasteiger partial charge is 0.480 e. The zero-order valence-electron chi connectivity index (χ0n) is 12.3. The van der Waals surface area contributed by atoms with Crippen molar-refractivity contribution in [1.82, 2.24) is 5.32 Å². The Morgan fingerprint density at radius 1 is 1.57 bits per heavy atom. The van der Waals surface area contributed by atoms with E-state index in [1.165, 1.54) is 11.3 Å². The van der Waals surface area contributed by atoms with Crippen molar-refractivity contribution in [2.45, 2.75) is 39.2 Å². The molecule has 2 atom stereocenters. The molecule has 2 unspecified atom stereocenters. The maximum Gasteiger partial charge on any atom is 0.326 e. The molecule has 0 bridgehead atoms. The van der Waals surface area contributed by atoms with E-state index in [2.05, 4.69) is 5.32 Å². The summed E-state index contributed by atoms with van der Waals surface area (Å²) in [6.07, 6.45) is 2.48. The topological polar surface area (TPSA) is 75.6 Å². The molecule has 5 nitrogen and oxygen atoms in total. The zero-order valence-corrected chi connectivity index (χ0v) is 13.2. The third kappa shape index (κ3) is 3.83. The van der Waals surface area contributed by atoms with Gasteiger partial charge in [0.2, 0.25) is 0 Å². The second-order valence-corrected chi connectivity index (χ2v) is 6.47. The molecule has 0 spiro atoms. The highest BCUT2D eigenvalue weighted by atomic mass is 32.1. The Bertz CT molecular complexity index is 520.